The van der Waals surface area contributed by atoms with E-state index in [0.29, 0.717) is 0 Å². The summed E-state index contributed by atoms with van der Waals surface area (Å²) in [6.07, 6.45) is 1.90. The highest BCUT2D eigenvalue weighted by Crippen LogP contribution is 2.11. The third-order valence-electron chi connectivity index (χ3n) is 3.24. The molecule has 1 N–H and O–H groups in total. The van der Waals surface area contributed by atoms with Gasteiger partial charge in [-0.25, -0.2) is 0 Å². The van der Waals surface area contributed by atoms with E-state index < -0.39 is 0 Å². The third kappa shape index (κ3) is 2.76. The number of pyridine rings is 1. The lowest BCUT2D eigenvalue weighted by molar-refractivity contribution is 0.671. The molecule has 0 spiro atoms. The van der Waals surface area contributed by atoms with Crippen molar-refractivity contribution in [2.75, 3.05) is 0 Å². The zero-order valence-electron chi connectivity index (χ0n) is 11.5. The summed E-state index contributed by atoms with van der Waals surface area (Å²) >= 11 is 0. The zero-order valence-corrected chi connectivity index (χ0v) is 11.5. The summed E-state index contributed by atoms with van der Waals surface area (Å²) in [5.41, 5.74) is 5.86. The summed E-state index contributed by atoms with van der Waals surface area (Å²) in [7, 11) is 1.98. The lowest BCUT2D eigenvalue weighted by Crippen LogP contribution is -2.14. The number of hydrogen-bond donors (Lipinski definition) is 1. The molecular formula is C14H20N4. The Labute approximate surface area is 108 Å². The van der Waals surface area contributed by atoms with Crippen LogP contribution in [0.5, 0.6) is 0 Å². The normalized spacial score (nSPS) is 10.9. The van der Waals surface area contributed by atoms with Crippen molar-refractivity contribution in [3.05, 3.63) is 46.5 Å². The van der Waals surface area contributed by atoms with Crippen LogP contribution >= 0.6 is 0 Å². The van der Waals surface area contributed by atoms with Gasteiger partial charge in [-0.3, -0.25) is 9.67 Å². The molecule has 2 aromatic heterocycles. The van der Waals surface area contributed by atoms with Crippen LogP contribution in [0.25, 0.3) is 0 Å². The maximum atomic E-state index is 4.41. The summed E-state index contributed by atoms with van der Waals surface area (Å²) in [5, 5.41) is 7.83. The van der Waals surface area contributed by atoms with Crippen molar-refractivity contribution in [3.63, 3.8) is 0 Å². The first-order valence-electron chi connectivity index (χ1n) is 6.19. The van der Waals surface area contributed by atoms with Gasteiger partial charge in [0, 0.05) is 37.6 Å². The monoisotopic (exact) mass is 244 g/mol. The topological polar surface area (TPSA) is 42.7 Å². The van der Waals surface area contributed by atoms with Gasteiger partial charge in [0.25, 0.3) is 0 Å². The first-order chi connectivity index (χ1) is 8.58. The molecule has 96 valence electrons. The van der Waals surface area contributed by atoms with Crippen molar-refractivity contribution in [2.24, 2.45) is 7.05 Å². The van der Waals surface area contributed by atoms with Gasteiger partial charge < -0.3 is 5.32 Å². The van der Waals surface area contributed by atoms with Crippen LogP contribution in [0.15, 0.2) is 18.3 Å². The number of aryl methyl sites for hydroxylation is 3. The molecule has 0 fully saturated rings. The SMILES string of the molecule is Cc1ccc(CNCc2c(C)nn(C)c2C)nc1. The van der Waals surface area contributed by atoms with Crippen LogP contribution in [-0.2, 0) is 20.1 Å². The number of rotatable bonds is 4. The molecule has 0 amide bonds. The molecule has 2 rings (SSSR count). The maximum Gasteiger partial charge on any atom is 0.0641 e. The van der Waals surface area contributed by atoms with Crippen molar-refractivity contribution >= 4 is 0 Å². The highest BCUT2D eigenvalue weighted by molar-refractivity contribution is 5.24. The van der Waals surface area contributed by atoms with E-state index >= 15 is 0 Å². The van der Waals surface area contributed by atoms with Crippen LogP contribution in [0.3, 0.4) is 0 Å². The predicted molar refractivity (Wildman–Crippen MR) is 72.2 cm³/mol. The van der Waals surface area contributed by atoms with Crippen molar-refractivity contribution in [3.8, 4) is 0 Å². The van der Waals surface area contributed by atoms with Crippen LogP contribution < -0.4 is 5.32 Å². The predicted octanol–water partition coefficient (Wildman–Crippen LogP) is 2.03. The third-order valence-corrected chi connectivity index (χ3v) is 3.24. The van der Waals surface area contributed by atoms with E-state index in [4.69, 9.17) is 0 Å². The minimum Gasteiger partial charge on any atom is -0.307 e. The molecule has 0 aromatic carbocycles. The molecule has 0 unspecified atom stereocenters. The van der Waals surface area contributed by atoms with Crippen LogP contribution in [-0.4, -0.2) is 14.8 Å². The van der Waals surface area contributed by atoms with Gasteiger partial charge in [0.15, 0.2) is 0 Å². The summed E-state index contributed by atoms with van der Waals surface area (Å²) in [6.45, 7) is 7.82. The van der Waals surface area contributed by atoms with Gasteiger partial charge in [-0.05, 0) is 32.4 Å². The second kappa shape index (κ2) is 5.31. The molecule has 2 aromatic rings. The van der Waals surface area contributed by atoms with E-state index in [1.54, 1.807) is 0 Å². The van der Waals surface area contributed by atoms with E-state index in [1.165, 1.54) is 16.8 Å². The zero-order chi connectivity index (χ0) is 13.1. The van der Waals surface area contributed by atoms with Gasteiger partial charge in [0.2, 0.25) is 0 Å². The fourth-order valence-electron chi connectivity index (χ4n) is 1.99. The van der Waals surface area contributed by atoms with E-state index in [-0.39, 0.29) is 0 Å². The fourth-order valence-corrected chi connectivity index (χ4v) is 1.99. The van der Waals surface area contributed by atoms with E-state index in [0.717, 1.165) is 24.5 Å². The van der Waals surface area contributed by atoms with Crippen LogP contribution in [0.2, 0.25) is 0 Å². The highest BCUT2D eigenvalue weighted by atomic mass is 15.3. The van der Waals surface area contributed by atoms with Crippen molar-refractivity contribution in [1.29, 1.82) is 0 Å². The van der Waals surface area contributed by atoms with Gasteiger partial charge in [0.05, 0.1) is 11.4 Å². The lowest BCUT2D eigenvalue weighted by Gasteiger charge is -2.05. The highest BCUT2D eigenvalue weighted by Gasteiger charge is 2.08. The van der Waals surface area contributed by atoms with Crippen LogP contribution in [0.4, 0.5) is 0 Å². The van der Waals surface area contributed by atoms with Gasteiger partial charge >= 0.3 is 0 Å². The van der Waals surface area contributed by atoms with E-state index in [1.807, 2.05) is 31.8 Å². The Kier molecular flexibility index (Phi) is 3.77. The van der Waals surface area contributed by atoms with Gasteiger partial charge in [-0.2, -0.15) is 5.10 Å². The van der Waals surface area contributed by atoms with E-state index in [2.05, 4.69) is 34.5 Å². The van der Waals surface area contributed by atoms with Gasteiger partial charge in [0.1, 0.15) is 0 Å². The molecule has 2 heterocycles. The average molecular weight is 244 g/mol. The Morgan fingerprint density at radius 1 is 1.17 bits per heavy atom. The maximum absolute atomic E-state index is 4.41. The molecule has 0 aliphatic rings. The Hall–Kier alpha value is -1.68. The minimum atomic E-state index is 0.786. The molecule has 0 bridgehead atoms. The largest absolute Gasteiger partial charge is 0.307 e. The summed E-state index contributed by atoms with van der Waals surface area (Å²) in [6, 6.07) is 4.15. The van der Waals surface area contributed by atoms with Crippen molar-refractivity contribution < 1.29 is 0 Å². The van der Waals surface area contributed by atoms with Crippen molar-refractivity contribution in [1.82, 2.24) is 20.1 Å². The smallest absolute Gasteiger partial charge is 0.0641 e. The van der Waals surface area contributed by atoms with Gasteiger partial charge in [-0.15, -0.1) is 0 Å². The molecule has 0 saturated carbocycles. The Bertz CT molecular complexity index is 525. The Morgan fingerprint density at radius 2 is 1.94 bits per heavy atom. The van der Waals surface area contributed by atoms with Crippen LogP contribution in [0.1, 0.15) is 28.2 Å². The van der Waals surface area contributed by atoms with Crippen molar-refractivity contribution in [2.45, 2.75) is 33.9 Å². The second-order valence-corrected chi connectivity index (χ2v) is 4.70. The molecule has 0 radical (unpaired) electrons. The standard InChI is InChI=1S/C14H20N4/c1-10-5-6-13(16-7-10)8-15-9-14-11(2)17-18(4)12(14)3/h5-7,15H,8-9H2,1-4H3. The number of nitrogens with one attached hydrogen (secondary N) is 1. The molecule has 0 saturated heterocycles. The summed E-state index contributed by atoms with van der Waals surface area (Å²) in [4.78, 5) is 4.38. The van der Waals surface area contributed by atoms with Crippen LogP contribution in [0, 0.1) is 20.8 Å². The summed E-state index contributed by atoms with van der Waals surface area (Å²) < 4.78 is 1.93. The quantitative estimate of drug-likeness (QED) is 0.895. The average Bonchev–Trinajstić information content (AvgIpc) is 2.58. The number of aromatic nitrogens is 3. The molecule has 0 atom stereocenters. The first-order valence-corrected chi connectivity index (χ1v) is 6.19. The lowest BCUT2D eigenvalue weighted by atomic mass is 10.2. The molecular weight excluding hydrogens is 224 g/mol. The fraction of sp³-hybridized carbons (Fsp3) is 0.429. The number of nitrogens with zero attached hydrogens (tertiary/aromatic N) is 3. The molecule has 18 heavy (non-hydrogen) atoms. The molecule has 4 nitrogen and oxygen atoms in total. The van der Waals surface area contributed by atoms with E-state index in [9.17, 15) is 0 Å². The van der Waals surface area contributed by atoms with Gasteiger partial charge in [-0.1, -0.05) is 6.07 Å². The first kappa shape index (κ1) is 12.8. The minimum absolute atomic E-state index is 0.786. The molecule has 0 aliphatic carbocycles. The number of hydrogen-bond acceptors (Lipinski definition) is 3. The Morgan fingerprint density at radius 3 is 2.50 bits per heavy atom. The second-order valence-electron chi connectivity index (χ2n) is 4.70. The molecule has 4 heteroatoms. The Balaban J connectivity index is 1.94. The summed E-state index contributed by atoms with van der Waals surface area (Å²) in [5.74, 6) is 0. The molecule has 0 aliphatic heterocycles.